The molecule has 0 spiro atoms. The molecule has 0 aliphatic carbocycles. The molecule has 0 bridgehead atoms. The van der Waals surface area contributed by atoms with E-state index in [1.807, 2.05) is 72.8 Å². The number of amides is 1. The van der Waals surface area contributed by atoms with E-state index in [-0.39, 0.29) is 12.3 Å². The van der Waals surface area contributed by atoms with Crippen molar-refractivity contribution in [2.75, 3.05) is 5.32 Å². The minimum Gasteiger partial charge on any atom is -0.309 e. The molecule has 0 atom stereocenters. The maximum absolute atomic E-state index is 12.7. The fourth-order valence-electron chi connectivity index (χ4n) is 3.30. The zero-order valence-electron chi connectivity index (χ0n) is 17.1. The van der Waals surface area contributed by atoms with Crippen LogP contribution in [0.15, 0.2) is 85.1 Å². The van der Waals surface area contributed by atoms with E-state index in [9.17, 15) is 4.79 Å². The van der Waals surface area contributed by atoms with Gasteiger partial charge in [0.25, 0.3) is 0 Å². The molecule has 0 unspecified atom stereocenters. The zero-order chi connectivity index (χ0) is 20.9. The number of nitrogens with one attached hydrogen (secondary N) is 1. The van der Waals surface area contributed by atoms with Crippen molar-refractivity contribution in [3.8, 4) is 22.5 Å². The molecule has 1 aromatic heterocycles. The first-order chi connectivity index (χ1) is 14.6. The number of carbonyl (C=O) groups is 1. The van der Waals surface area contributed by atoms with E-state index in [0.717, 1.165) is 22.4 Å². The van der Waals surface area contributed by atoms with Gasteiger partial charge in [-0.3, -0.25) is 4.79 Å². The molecule has 0 saturated carbocycles. The summed E-state index contributed by atoms with van der Waals surface area (Å²) in [5.74, 6) is 0.354. The Balaban J connectivity index is 1.65. The maximum Gasteiger partial charge on any atom is 0.230 e. The predicted octanol–water partition coefficient (Wildman–Crippen LogP) is 5.61. The molecule has 0 aliphatic heterocycles. The third kappa shape index (κ3) is 4.44. The van der Waals surface area contributed by atoms with Gasteiger partial charge in [-0.25, -0.2) is 9.97 Å². The number of rotatable bonds is 5. The van der Waals surface area contributed by atoms with Crippen LogP contribution < -0.4 is 5.32 Å². The van der Waals surface area contributed by atoms with Crippen LogP contribution >= 0.6 is 0 Å². The van der Waals surface area contributed by atoms with Crippen molar-refractivity contribution in [1.29, 1.82) is 0 Å². The molecule has 0 fully saturated rings. The van der Waals surface area contributed by atoms with Crippen LogP contribution in [0.25, 0.3) is 22.5 Å². The summed E-state index contributed by atoms with van der Waals surface area (Å²) in [4.78, 5) is 22.1. The van der Waals surface area contributed by atoms with E-state index in [2.05, 4.69) is 30.2 Å². The molecule has 0 aliphatic rings. The lowest BCUT2D eigenvalue weighted by Crippen LogP contribution is -2.16. The predicted molar refractivity (Wildman–Crippen MR) is 121 cm³/mol. The molecule has 3 aromatic carbocycles. The Hall–Kier alpha value is -3.79. The highest BCUT2D eigenvalue weighted by atomic mass is 16.1. The van der Waals surface area contributed by atoms with Gasteiger partial charge in [-0.15, -0.1) is 0 Å². The first kappa shape index (κ1) is 19.5. The number of hydrogen-bond donors (Lipinski definition) is 1. The first-order valence-electron chi connectivity index (χ1n) is 9.94. The number of anilines is 1. The third-order valence-corrected chi connectivity index (χ3v) is 5.08. The normalized spacial score (nSPS) is 10.6. The van der Waals surface area contributed by atoms with E-state index < -0.39 is 0 Å². The van der Waals surface area contributed by atoms with Crippen LogP contribution in [0.5, 0.6) is 0 Å². The molecule has 4 rings (SSSR count). The standard InChI is InChI=1S/C26H23N3O/c1-18-13-14-20(15-19(18)2)16-24(30)29-26-25(22-11-7-4-8-12-22)28-23(17-27-26)21-9-5-3-6-10-21/h3-15,17H,16H2,1-2H3,(H,27,29,30). The van der Waals surface area contributed by atoms with E-state index in [1.54, 1.807) is 6.20 Å². The van der Waals surface area contributed by atoms with Crippen LogP contribution in [0, 0.1) is 13.8 Å². The summed E-state index contributed by atoms with van der Waals surface area (Å²) in [5.41, 5.74) is 6.68. The second-order valence-corrected chi connectivity index (χ2v) is 7.33. The van der Waals surface area contributed by atoms with Gasteiger partial charge in [0.1, 0.15) is 5.69 Å². The second kappa shape index (κ2) is 8.70. The fraction of sp³-hybridized carbons (Fsp3) is 0.115. The SMILES string of the molecule is Cc1ccc(CC(=O)Nc2ncc(-c3ccccc3)nc2-c2ccccc2)cc1C. The maximum atomic E-state index is 12.7. The fourth-order valence-corrected chi connectivity index (χ4v) is 3.30. The monoisotopic (exact) mass is 393 g/mol. The quantitative estimate of drug-likeness (QED) is 0.479. The Morgan fingerprint density at radius 3 is 2.17 bits per heavy atom. The van der Waals surface area contributed by atoms with Crippen molar-refractivity contribution < 1.29 is 4.79 Å². The molecular weight excluding hydrogens is 370 g/mol. The average Bonchev–Trinajstić information content (AvgIpc) is 2.78. The Morgan fingerprint density at radius 2 is 1.50 bits per heavy atom. The topological polar surface area (TPSA) is 54.9 Å². The first-order valence-corrected chi connectivity index (χ1v) is 9.94. The van der Waals surface area contributed by atoms with Crippen LogP contribution in [0.1, 0.15) is 16.7 Å². The minimum atomic E-state index is -0.114. The summed E-state index contributed by atoms with van der Waals surface area (Å²) in [5, 5.41) is 2.96. The van der Waals surface area contributed by atoms with E-state index in [1.165, 1.54) is 11.1 Å². The van der Waals surface area contributed by atoms with Crippen molar-refractivity contribution in [3.05, 3.63) is 102 Å². The number of carbonyl (C=O) groups excluding carboxylic acids is 1. The molecule has 4 aromatic rings. The van der Waals surface area contributed by atoms with Crippen LogP contribution in [0.4, 0.5) is 5.82 Å². The number of aromatic nitrogens is 2. The third-order valence-electron chi connectivity index (χ3n) is 5.08. The molecule has 0 saturated heterocycles. The summed E-state index contributed by atoms with van der Waals surface area (Å²) in [6.07, 6.45) is 1.99. The molecule has 4 nitrogen and oxygen atoms in total. The number of hydrogen-bond acceptors (Lipinski definition) is 3. The molecule has 1 amide bonds. The number of nitrogens with zero attached hydrogens (tertiary/aromatic N) is 2. The molecule has 30 heavy (non-hydrogen) atoms. The highest BCUT2D eigenvalue weighted by molar-refractivity contribution is 5.94. The van der Waals surface area contributed by atoms with Crippen molar-refractivity contribution in [1.82, 2.24) is 9.97 Å². The van der Waals surface area contributed by atoms with Gasteiger partial charge in [0, 0.05) is 11.1 Å². The van der Waals surface area contributed by atoms with E-state index in [0.29, 0.717) is 11.5 Å². The van der Waals surface area contributed by atoms with Crippen LogP contribution in [0.2, 0.25) is 0 Å². The second-order valence-electron chi connectivity index (χ2n) is 7.33. The highest BCUT2D eigenvalue weighted by Gasteiger charge is 2.14. The Morgan fingerprint density at radius 1 is 0.833 bits per heavy atom. The van der Waals surface area contributed by atoms with Gasteiger partial charge in [-0.05, 0) is 30.5 Å². The van der Waals surface area contributed by atoms with Crippen LogP contribution in [-0.4, -0.2) is 15.9 Å². The molecule has 1 N–H and O–H groups in total. The Labute approximate surface area is 176 Å². The van der Waals surface area contributed by atoms with Gasteiger partial charge in [-0.1, -0.05) is 78.9 Å². The lowest BCUT2D eigenvalue weighted by Gasteiger charge is -2.12. The highest BCUT2D eigenvalue weighted by Crippen LogP contribution is 2.27. The van der Waals surface area contributed by atoms with Crippen LogP contribution in [0.3, 0.4) is 0 Å². The average molecular weight is 393 g/mol. The van der Waals surface area contributed by atoms with Crippen molar-refractivity contribution in [3.63, 3.8) is 0 Å². The molecule has 4 heteroatoms. The summed E-state index contributed by atoms with van der Waals surface area (Å²) in [6, 6.07) is 25.8. The smallest absolute Gasteiger partial charge is 0.230 e. The Kier molecular flexibility index (Phi) is 5.66. The zero-order valence-corrected chi connectivity index (χ0v) is 17.1. The van der Waals surface area contributed by atoms with Crippen molar-refractivity contribution in [2.45, 2.75) is 20.3 Å². The molecule has 148 valence electrons. The lowest BCUT2D eigenvalue weighted by atomic mass is 10.0. The largest absolute Gasteiger partial charge is 0.309 e. The molecule has 1 heterocycles. The number of aryl methyl sites for hydroxylation is 2. The minimum absolute atomic E-state index is 0.114. The lowest BCUT2D eigenvalue weighted by molar-refractivity contribution is -0.115. The van der Waals surface area contributed by atoms with E-state index >= 15 is 0 Å². The summed E-state index contributed by atoms with van der Waals surface area (Å²) in [6.45, 7) is 4.12. The summed E-state index contributed by atoms with van der Waals surface area (Å²) >= 11 is 0. The van der Waals surface area contributed by atoms with Gasteiger partial charge in [0.05, 0.1) is 18.3 Å². The van der Waals surface area contributed by atoms with Gasteiger partial charge in [-0.2, -0.15) is 0 Å². The number of benzene rings is 3. The summed E-state index contributed by atoms with van der Waals surface area (Å²) < 4.78 is 0. The van der Waals surface area contributed by atoms with Gasteiger partial charge >= 0.3 is 0 Å². The van der Waals surface area contributed by atoms with Gasteiger partial charge in [0.15, 0.2) is 5.82 Å². The Bertz CT molecular complexity index is 1170. The van der Waals surface area contributed by atoms with Gasteiger partial charge in [0.2, 0.25) is 5.91 Å². The van der Waals surface area contributed by atoms with Gasteiger partial charge < -0.3 is 5.32 Å². The van der Waals surface area contributed by atoms with Crippen LogP contribution in [-0.2, 0) is 11.2 Å². The molecular formula is C26H23N3O. The van der Waals surface area contributed by atoms with Crippen molar-refractivity contribution in [2.24, 2.45) is 0 Å². The van der Waals surface area contributed by atoms with Crippen molar-refractivity contribution >= 4 is 11.7 Å². The summed E-state index contributed by atoms with van der Waals surface area (Å²) in [7, 11) is 0. The van der Waals surface area contributed by atoms with E-state index in [4.69, 9.17) is 4.98 Å². The molecule has 0 radical (unpaired) electrons.